The molecule has 142 valence electrons. The molecule has 4 nitrogen and oxygen atoms in total. The zero-order valence-electron chi connectivity index (χ0n) is 15.9. The standard InChI is InChI=1S/C24H22O4/c1-27-19-11-7-17(8-12-19)24(18-9-13-20(28-2)14-10-18)21-6-4-3-5-16(21)15-22(24)23(25)26/h3-14,22H,15H2,1-2H3,(H,25,26). The van der Waals surface area contributed by atoms with Crippen LogP contribution in [0.4, 0.5) is 0 Å². The summed E-state index contributed by atoms with van der Waals surface area (Å²) in [5.74, 6) is 0.0769. The Morgan fingerprint density at radius 3 is 1.82 bits per heavy atom. The third kappa shape index (κ3) is 2.64. The summed E-state index contributed by atoms with van der Waals surface area (Å²) >= 11 is 0. The van der Waals surface area contributed by atoms with Crippen LogP contribution >= 0.6 is 0 Å². The summed E-state index contributed by atoms with van der Waals surface area (Å²) in [4.78, 5) is 12.4. The number of benzene rings is 3. The number of carboxylic acids is 1. The maximum absolute atomic E-state index is 12.4. The molecule has 1 aliphatic carbocycles. The van der Waals surface area contributed by atoms with E-state index in [9.17, 15) is 9.90 Å². The van der Waals surface area contributed by atoms with Crippen LogP contribution < -0.4 is 9.47 Å². The van der Waals surface area contributed by atoms with E-state index in [4.69, 9.17) is 9.47 Å². The number of carboxylic acid groups (broad SMARTS) is 1. The second-order valence-electron chi connectivity index (χ2n) is 7.02. The van der Waals surface area contributed by atoms with E-state index in [1.54, 1.807) is 14.2 Å². The number of fused-ring (bicyclic) bond motifs is 1. The molecule has 0 aliphatic heterocycles. The van der Waals surface area contributed by atoms with E-state index in [0.29, 0.717) is 6.42 Å². The van der Waals surface area contributed by atoms with Crippen LogP contribution in [0.5, 0.6) is 11.5 Å². The van der Waals surface area contributed by atoms with Crippen molar-refractivity contribution >= 4 is 5.97 Å². The molecule has 1 atom stereocenters. The first-order valence-corrected chi connectivity index (χ1v) is 9.21. The van der Waals surface area contributed by atoms with E-state index in [1.165, 1.54) is 0 Å². The van der Waals surface area contributed by atoms with E-state index in [-0.39, 0.29) is 0 Å². The molecule has 0 bridgehead atoms. The number of carbonyl (C=O) groups is 1. The smallest absolute Gasteiger partial charge is 0.308 e. The van der Waals surface area contributed by atoms with Crippen molar-refractivity contribution in [1.82, 2.24) is 0 Å². The van der Waals surface area contributed by atoms with E-state index in [0.717, 1.165) is 33.8 Å². The lowest BCUT2D eigenvalue weighted by Crippen LogP contribution is -2.39. The summed E-state index contributed by atoms with van der Waals surface area (Å²) in [6, 6.07) is 23.5. The monoisotopic (exact) mass is 374 g/mol. The second-order valence-corrected chi connectivity index (χ2v) is 7.02. The Morgan fingerprint density at radius 2 is 1.36 bits per heavy atom. The summed E-state index contributed by atoms with van der Waals surface area (Å²) in [7, 11) is 3.25. The molecule has 1 N–H and O–H groups in total. The van der Waals surface area contributed by atoms with E-state index in [2.05, 4.69) is 0 Å². The summed E-state index contributed by atoms with van der Waals surface area (Å²) in [6.45, 7) is 0. The zero-order chi connectivity index (χ0) is 19.7. The van der Waals surface area contributed by atoms with Crippen molar-refractivity contribution < 1.29 is 19.4 Å². The van der Waals surface area contributed by atoms with Gasteiger partial charge in [-0.25, -0.2) is 0 Å². The molecular formula is C24H22O4. The molecule has 0 aromatic heterocycles. The fourth-order valence-electron chi connectivity index (χ4n) is 4.50. The van der Waals surface area contributed by atoms with Crippen LogP contribution in [0.3, 0.4) is 0 Å². The minimum Gasteiger partial charge on any atom is -0.497 e. The number of methoxy groups -OCH3 is 2. The molecule has 0 radical (unpaired) electrons. The molecule has 3 aromatic carbocycles. The first-order chi connectivity index (χ1) is 13.6. The molecule has 4 rings (SSSR count). The van der Waals surface area contributed by atoms with Crippen LogP contribution in [0.15, 0.2) is 72.8 Å². The Bertz CT molecular complexity index is 942. The first kappa shape index (κ1) is 18.1. The van der Waals surface area contributed by atoms with Crippen molar-refractivity contribution in [3.05, 3.63) is 95.1 Å². The van der Waals surface area contributed by atoms with Gasteiger partial charge in [0.25, 0.3) is 0 Å². The van der Waals surface area contributed by atoms with Crippen molar-refractivity contribution in [2.75, 3.05) is 14.2 Å². The average Bonchev–Trinajstić information content (AvgIpc) is 3.10. The van der Waals surface area contributed by atoms with Crippen LogP contribution in [0, 0.1) is 5.92 Å². The van der Waals surface area contributed by atoms with Crippen LogP contribution in [-0.4, -0.2) is 25.3 Å². The zero-order valence-corrected chi connectivity index (χ0v) is 15.9. The number of rotatable bonds is 5. The number of hydrogen-bond donors (Lipinski definition) is 1. The molecule has 0 saturated heterocycles. The second kappa shape index (κ2) is 7.04. The van der Waals surface area contributed by atoms with Gasteiger partial charge >= 0.3 is 5.97 Å². The minimum absolute atomic E-state index is 0.490. The highest BCUT2D eigenvalue weighted by molar-refractivity contribution is 5.79. The van der Waals surface area contributed by atoms with Gasteiger partial charge in [-0.1, -0.05) is 48.5 Å². The highest BCUT2D eigenvalue weighted by Crippen LogP contribution is 2.53. The van der Waals surface area contributed by atoms with Crippen molar-refractivity contribution in [3.8, 4) is 11.5 Å². The Kier molecular flexibility index (Phi) is 4.55. The Balaban J connectivity index is 2.03. The fourth-order valence-corrected chi connectivity index (χ4v) is 4.50. The maximum atomic E-state index is 12.4. The quantitative estimate of drug-likeness (QED) is 0.724. The molecule has 0 saturated carbocycles. The minimum atomic E-state index is -0.803. The van der Waals surface area contributed by atoms with Crippen molar-refractivity contribution in [2.24, 2.45) is 5.92 Å². The van der Waals surface area contributed by atoms with Gasteiger partial charge in [-0.2, -0.15) is 0 Å². The Labute approximate surface area is 164 Å². The largest absolute Gasteiger partial charge is 0.497 e. The van der Waals surface area contributed by atoms with Gasteiger partial charge in [-0.05, 0) is 52.9 Å². The number of aliphatic carboxylic acids is 1. The van der Waals surface area contributed by atoms with Gasteiger partial charge in [-0.15, -0.1) is 0 Å². The highest BCUT2D eigenvalue weighted by atomic mass is 16.5. The summed E-state index contributed by atoms with van der Waals surface area (Å²) < 4.78 is 10.6. The third-order valence-corrected chi connectivity index (χ3v) is 5.78. The SMILES string of the molecule is COc1ccc(C2(c3ccc(OC)cc3)c3ccccc3CC2C(=O)O)cc1. The van der Waals surface area contributed by atoms with Crippen molar-refractivity contribution in [1.29, 1.82) is 0 Å². The van der Waals surface area contributed by atoms with Crippen molar-refractivity contribution in [2.45, 2.75) is 11.8 Å². The Morgan fingerprint density at radius 1 is 0.857 bits per heavy atom. The van der Waals surface area contributed by atoms with Gasteiger partial charge in [0.1, 0.15) is 11.5 Å². The van der Waals surface area contributed by atoms with Crippen LogP contribution in [0.1, 0.15) is 22.3 Å². The number of ether oxygens (including phenoxy) is 2. The first-order valence-electron chi connectivity index (χ1n) is 9.21. The molecule has 3 aromatic rings. The normalized spacial score (nSPS) is 17.0. The molecule has 0 spiro atoms. The highest BCUT2D eigenvalue weighted by Gasteiger charge is 2.52. The van der Waals surface area contributed by atoms with Gasteiger partial charge < -0.3 is 14.6 Å². The van der Waals surface area contributed by atoms with Crippen molar-refractivity contribution in [3.63, 3.8) is 0 Å². The van der Waals surface area contributed by atoms with Crippen LogP contribution in [0.2, 0.25) is 0 Å². The fraction of sp³-hybridized carbons (Fsp3) is 0.208. The van der Waals surface area contributed by atoms with Gasteiger partial charge in [-0.3, -0.25) is 4.79 Å². The average molecular weight is 374 g/mol. The molecule has 1 unspecified atom stereocenters. The molecule has 0 amide bonds. The summed E-state index contributed by atoms with van der Waals surface area (Å²) in [5.41, 5.74) is 3.21. The van der Waals surface area contributed by atoms with Crippen LogP contribution in [-0.2, 0) is 16.6 Å². The lowest BCUT2D eigenvalue weighted by Gasteiger charge is -2.36. The van der Waals surface area contributed by atoms with E-state index >= 15 is 0 Å². The molecule has 1 aliphatic rings. The van der Waals surface area contributed by atoms with E-state index in [1.807, 2.05) is 72.8 Å². The molecule has 28 heavy (non-hydrogen) atoms. The van der Waals surface area contributed by atoms with Crippen LogP contribution in [0.25, 0.3) is 0 Å². The topological polar surface area (TPSA) is 55.8 Å². The van der Waals surface area contributed by atoms with Gasteiger partial charge in [0.15, 0.2) is 0 Å². The van der Waals surface area contributed by atoms with Gasteiger partial charge in [0, 0.05) is 0 Å². The lowest BCUT2D eigenvalue weighted by molar-refractivity contribution is -0.142. The summed E-state index contributed by atoms with van der Waals surface area (Å²) in [5, 5.41) is 10.2. The molecule has 0 heterocycles. The molecule has 0 fully saturated rings. The molecule has 4 heteroatoms. The lowest BCUT2D eigenvalue weighted by atomic mass is 9.65. The Hall–Kier alpha value is -3.27. The predicted molar refractivity (Wildman–Crippen MR) is 107 cm³/mol. The predicted octanol–water partition coefficient (Wildman–Crippen LogP) is 4.30. The van der Waals surface area contributed by atoms with Gasteiger partial charge in [0.2, 0.25) is 0 Å². The van der Waals surface area contributed by atoms with E-state index < -0.39 is 17.3 Å². The third-order valence-electron chi connectivity index (χ3n) is 5.78. The molecular weight excluding hydrogens is 352 g/mol. The van der Waals surface area contributed by atoms with Gasteiger partial charge in [0.05, 0.1) is 25.6 Å². The maximum Gasteiger partial charge on any atom is 0.308 e. The summed E-state index contributed by atoms with van der Waals surface area (Å²) in [6.07, 6.45) is 0.490. The number of hydrogen-bond acceptors (Lipinski definition) is 3.